The third kappa shape index (κ3) is 4.85. The van der Waals surface area contributed by atoms with Crippen LogP contribution in [0.2, 0.25) is 5.02 Å². The number of rotatable bonds is 8. The van der Waals surface area contributed by atoms with Crippen LogP contribution in [0.3, 0.4) is 0 Å². The number of carboxylic acids is 1. The van der Waals surface area contributed by atoms with Gasteiger partial charge in [0.1, 0.15) is 5.75 Å². The first kappa shape index (κ1) is 23.1. The van der Waals surface area contributed by atoms with Crippen LogP contribution in [-0.4, -0.2) is 36.1 Å². The SMILES string of the molecule is CCC1CCC(CC(=O)c2cnc(OC)c(-c3ccc(OC)c(Cl)c3)c2)(C(=O)O)CC1. The Labute approximate surface area is 187 Å². The topological polar surface area (TPSA) is 85.7 Å². The minimum Gasteiger partial charge on any atom is -0.495 e. The summed E-state index contributed by atoms with van der Waals surface area (Å²) in [6.07, 6.45) is 5.19. The third-order valence-electron chi connectivity index (χ3n) is 6.42. The lowest BCUT2D eigenvalue weighted by atomic mass is 9.67. The summed E-state index contributed by atoms with van der Waals surface area (Å²) in [5, 5.41) is 10.4. The number of carbonyl (C=O) groups excluding carboxylic acids is 1. The van der Waals surface area contributed by atoms with Crippen LogP contribution in [0.4, 0.5) is 0 Å². The zero-order valence-corrected chi connectivity index (χ0v) is 18.9. The molecule has 1 aromatic carbocycles. The first-order valence-electron chi connectivity index (χ1n) is 10.5. The van der Waals surface area contributed by atoms with Gasteiger partial charge in [-0.15, -0.1) is 0 Å². The quantitative estimate of drug-likeness (QED) is 0.527. The Bertz CT molecular complexity index is 966. The Hall–Kier alpha value is -2.60. The normalized spacial score (nSPS) is 20.8. The largest absolute Gasteiger partial charge is 0.495 e. The minimum absolute atomic E-state index is 0.0322. The van der Waals surface area contributed by atoms with Gasteiger partial charge in [-0.25, -0.2) is 4.98 Å². The number of nitrogens with zero attached hydrogens (tertiary/aromatic N) is 1. The van der Waals surface area contributed by atoms with Gasteiger partial charge in [0.15, 0.2) is 5.78 Å². The fraction of sp³-hybridized carbons (Fsp3) is 0.458. The van der Waals surface area contributed by atoms with Crippen molar-refractivity contribution in [2.75, 3.05) is 14.2 Å². The van der Waals surface area contributed by atoms with Gasteiger partial charge in [-0.3, -0.25) is 9.59 Å². The molecule has 1 saturated carbocycles. The average molecular weight is 446 g/mol. The number of carboxylic acid groups (broad SMARTS) is 1. The Morgan fingerprint density at radius 1 is 1.19 bits per heavy atom. The highest BCUT2D eigenvalue weighted by molar-refractivity contribution is 6.32. The van der Waals surface area contributed by atoms with Gasteiger partial charge >= 0.3 is 5.97 Å². The summed E-state index contributed by atoms with van der Waals surface area (Å²) in [4.78, 5) is 29.5. The van der Waals surface area contributed by atoms with E-state index in [4.69, 9.17) is 21.1 Å². The van der Waals surface area contributed by atoms with Gasteiger partial charge in [-0.1, -0.05) is 31.0 Å². The lowest BCUT2D eigenvalue weighted by Crippen LogP contribution is -2.37. The molecule has 3 rings (SSSR count). The Morgan fingerprint density at radius 2 is 1.90 bits per heavy atom. The average Bonchev–Trinajstić information content (AvgIpc) is 2.78. The number of Topliss-reactive ketones (excluding diaryl/α,β-unsaturated/α-hetero) is 1. The molecule has 2 aromatic rings. The highest BCUT2D eigenvalue weighted by Crippen LogP contribution is 2.44. The van der Waals surface area contributed by atoms with Crippen LogP contribution in [0.15, 0.2) is 30.5 Å². The van der Waals surface area contributed by atoms with E-state index in [2.05, 4.69) is 11.9 Å². The van der Waals surface area contributed by atoms with Crippen molar-refractivity contribution < 1.29 is 24.2 Å². The minimum atomic E-state index is -1.01. The van der Waals surface area contributed by atoms with Gasteiger partial charge in [-0.05, 0) is 55.4 Å². The van der Waals surface area contributed by atoms with Crippen LogP contribution in [0.1, 0.15) is 55.8 Å². The zero-order chi connectivity index (χ0) is 22.6. The lowest BCUT2D eigenvalue weighted by molar-refractivity contribution is -0.151. The molecule has 31 heavy (non-hydrogen) atoms. The number of pyridine rings is 1. The molecule has 0 radical (unpaired) electrons. The van der Waals surface area contributed by atoms with Crippen LogP contribution < -0.4 is 9.47 Å². The molecule has 0 atom stereocenters. The van der Waals surface area contributed by atoms with E-state index >= 15 is 0 Å². The summed E-state index contributed by atoms with van der Waals surface area (Å²) < 4.78 is 10.6. The summed E-state index contributed by atoms with van der Waals surface area (Å²) in [6, 6.07) is 6.96. The van der Waals surface area contributed by atoms with Crippen LogP contribution in [-0.2, 0) is 4.79 Å². The molecule has 0 saturated heterocycles. The number of ether oxygens (including phenoxy) is 2. The number of hydrogen-bond donors (Lipinski definition) is 1. The molecule has 166 valence electrons. The zero-order valence-electron chi connectivity index (χ0n) is 18.1. The van der Waals surface area contributed by atoms with Gasteiger partial charge in [0.2, 0.25) is 5.88 Å². The van der Waals surface area contributed by atoms with E-state index in [9.17, 15) is 14.7 Å². The first-order chi connectivity index (χ1) is 14.8. The van der Waals surface area contributed by atoms with Gasteiger partial charge in [0.25, 0.3) is 0 Å². The molecule has 0 bridgehead atoms. The molecule has 1 aliphatic rings. The number of aromatic nitrogens is 1. The fourth-order valence-corrected chi connectivity index (χ4v) is 4.58. The van der Waals surface area contributed by atoms with Crippen molar-refractivity contribution in [2.45, 2.75) is 45.4 Å². The predicted octanol–water partition coefficient (Wildman–Crippen LogP) is 5.66. The molecular weight excluding hydrogens is 418 g/mol. The van der Waals surface area contributed by atoms with Gasteiger partial charge < -0.3 is 14.6 Å². The monoisotopic (exact) mass is 445 g/mol. The van der Waals surface area contributed by atoms with E-state index in [1.165, 1.54) is 20.4 Å². The van der Waals surface area contributed by atoms with E-state index in [0.29, 0.717) is 46.5 Å². The van der Waals surface area contributed by atoms with Crippen molar-refractivity contribution in [3.63, 3.8) is 0 Å². The molecular formula is C24H28ClNO5. The maximum atomic E-state index is 13.1. The second-order valence-corrected chi connectivity index (χ2v) is 8.57. The van der Waals surface area contributed by atoms with E-state index < -0.39 is 11.4 Å². The maximum Gasteiger partial charge on any atom is 0.310 e. The number of benzene rings is 1. The molecule has 1 fully saturated rings. The molecule has 0 spiro atoms. The molecule has 6 nitrogen and oxygen atoms in total. The van der Waals surface area contributed by atoms with Crippen molar-refractivity contribution in [1.82, 2.24) is 4.98 Å². The molecule has 1 aliphatic carbocycles. The fourth-order valence-electron chi connectivity index (χ4n) is 4.32. The molecule has 0 aliphatic heterocycles. The molecule has 1 heterocycles. The molecule has 0 unspecified atom stereocenters. The Balaban J connectivity index is 1.90. The summed E-state index contributed by atoms with van der Waals surface area (Å²) in [6.45, 7) is 2.12. The highest BCUT2D eigenvalue weighted by atomic mass is 35.5. The number of ketones is 1. The third-order valence-corrected chi connectivity index (χ3v) is 6.72. The summed E-state index contributed by atoms with van der Waals surface area (Å²) in [7, 11) is 3.04. The number of carbonyl (C=O) groups is 2. The Morgan fingerprint density at radius 3 is 2.45 bits per heavy atom. The van der Waals surface area contributed by atoms with Crippen molar-refractivity contribution in [3.05, 3.63) is 41.0 Å². The maximum absolute atomic E-state index is 13.1. The summed E-state index contributed by atoms with van der Waals surface area (Å²) in [5.41, 5.74) is 0.686. The van der Waals surface area contributed by atoms with Crippen molar-refractivity contribution in [1.29, 1.82) is 0 Å². The molecule has 7 heteroatoms. The van der Waals surface area contributed by atoms with Crippen LogP contribution >= 0.6 is 11.6 Å². The van der Waals surface area contributed by atoms with Gasteiger partial charge in [0, 0.05) is 23.7 Å². The van der Waals surface area contributed by atoms with Crippen LogP contribution in [0.25, 0.3) is 11.1 Å². The summed E-state index contributed by atoms with van der Waals surface area (Å²) >= 11 is 6.26. The number of hydrogen-bond acceptors (Lipinski definition) is 5. The first-order valence-corrected chi connectivity index (χ1v) is 10.9. The smallest absolute Gasteiger partial charge is 0.310 e. The lowest BCUT2D eigenvalue weighted by Gasteiger charge is -2.36. The number of aliphatic carboxylic acids is 1. The van der Waals surface area contributed by atoms with Crippen molar-refractivity contribution >= 4 is 23.4 Å². The number of methoxy groups -OCH3 is 2. The van der Waals surface area contributed by atoms with Gasteiger partial charge in [-0.2, -0.15) is 0 Å². The number of halogens is 1. The van der Waals surface area contributed by atoms with E-state index in [-0.39, 0.29) is 12.2 Å². The van der Waals surface area contributed by atoms with E-state index in [1.54, 1.807) is 18.2 Å². The second kappa shape index (κ2) is 9.69. The second-order valence-electron chi connectivity index (χ2n) is 8.17. The van der Waals surface area contributed by atoms with E-state index in [0.717, 1.165) is 24.8 Å². The molecule has 0 amide bonds. The van der Waals surface area contributed by atoms with Crippen molar-refractivity contribution in [3.8, 4) is 22.8 Å². The van der Waals surface area contributed by atoms with Gasteiger partial charge in [0.05, 0.1) is 24.7 Å². The van der Waals surface area contributed by atoms with E-state index in [1.807, 2.05) is 6.07 Å². The van der Waals surface area contributed by atoms with Crippen molar-refractivity contribution in [2.24, 2.45) is 11.3 Å². The molecule has 1 aromatic heterocycles. The standard InChI is InChI=1S/C24H28ClNO5/c1-4-15-7-9-24(10-8-15,23(28)29)13-20(27)17-11-18(22(31-3)26-14-17)16-5-6-21(30-2)19(25)12-16/h5-6,11-12,14-15H,4,7-10,13H2,1-3H3,(H,28,29). The Kier molecular flexibility index (Phi) is 7.21. The summed E-state index contributed by atoms with van der Waals surface area (Å²) in [5.74, 6) is 0.314. The highest BCUT2D eigenvalue weighted by Gasteiger charge is 2.43. The van der Waals surface area contributed by atoms with Crippen LogP contribution in [0, 0.1) is 11.3 Å². The predicted molar refractivity (Wildman–Crippen MR) is 119 cm³/mol. The van der Waals surface area contributed by atoms with Crippen LogP contribution in [0.5, 0.6) is 11.6 Å². The molecule has 1 N–H and O–H groups in total.